The molecule has 2 aliphatic rings. The van der Waals surface area contributed by atoms with Crippen molar-refractivity contribution in [3.8, 4) is 0 Å². The third kappa shape index (κ3) is 3.39. The lowest BCUT2D eigenvalue weighted by molar-refractivity contribution is -0.113. The summed E-state index contributed by atoms with van der Waals surface area (Å²) in [7, 11) is 0. The summed E-state index contributed by atoms with van der Waals surface area (Å²) in [6.07, 6.45) is 1.73. The Kier molecular flexibility index (Phi) is 4.55. The Balaban J connectivity index is 1.41. The van der Waals surface area contributed by atoms with Gasteiger partial charge in [0.25, 0.3) is 5.91 Å². The quantitative estimate of drug-likeness (QED) is 0.756. The Morgan fingerprint density at radius 1 is 1.12 bits per heavy atom. The molecule has 26 heavy (non-hydrogen) atoms. The van der Waals surface area contributed by atoms with Gasteiger partial charge in [-0.25, -0.2) is 4.39 Å². The number of benzene rings is 1. The van der Waals surface area contributed by atoms with Gasteiger partial charge in [-0.1, -0.05) is 12.1 Å². The minimum Gasteiger partial charge on any atom is -0.462 e. The molecule has 0 bridgehead atoms. The van der Waals surface area contributed by atoms with Crippen LogP contribution in [-0.2, 0) is 4.79 Å². The molecule has 1 fully saturated rings. The van der Waals surface area contributed by atoms with Crippen LogP contribution < -0.4 is 4.90 Å². The molecule has 0 saturated carbocycles. The van der Waals surface area contributed by atoms with E-state index in [1.807, 2.05) is 30.0 Å². The molecule has 4 rings (SSSR count). The molecule has 1 saturated heterocycles. The van der Waals surface area contributed by atoms with Crippen LogP contribution in [0, 0.1) is 12.7 Å². The number of hydrogen-bond donors (Lipinski definition) is 0. The van der Waals surface area contributed by atoms with Gasteiger partial charge in [0.15, 0.2) is 5.17 Å². The lowest BCUT2D eigenvalue weighted by atomic mass is 10.2. The number of halogens is 1. The zero-order chi connectivity index (χ0) is 18.1. The van der Waals surface area contributed by atoms with Gasteiger partial charge in [-0.15, -0.1) is 0 Å². The number of aliphatic imine (C=N–C) groups is 1. The molecule has 1 aromatic carbocycles. The first-order valence-electron chi connectivity index (χ1n) is 8.43. The number of aryl methyl sites for hydroxylation is 1. The highest BCUT2D eigenvalue weighted by Crippen LogP contribution is 2.31. The van der Waals surface area contributed by atoms with Crippen LogP contribution in [0.3, 0.4) is 0 Å². The minimum atomic E-state index is -0.240. The number of carbonyl (C=O) groups excluding carboxylic acids is 1. The van der Waals surface area contributed by atoms with Crippen molar-refractivity contribution in [2.45, 2.75) is 6.92 Å². The van der Waals surface area contributed by atoms with Gasteiger partial charge in [-0.05, 0) is 43.0 Å². The summed E-state index contributed by atoms with van der Waals surface area (Å²) in [4.78, 5) is 21.0. The largest absolute Gasteiger partial charge is 0.462 e. The first kappa shape index (κ1) is 16.9. The van der Waals surface area contributed by atoms with Gasteiger partial charge in [-0.3, -0.25) is 4.79 Å². The Morgan fingerprint density at radius 2 is 1.85 bits per heavy atom. The number of furan rings is 1. The second kappa shape index (κ2) is 6.99. The highest BCUT2D eigenvalue weighted by molar-refractivity contribution is 8.18. The monoisotopic (exact) mass is 371 g/mol. The molecule has 0 radical (unpaired) electrons. The molecular weight excluding hydrogens is 353 g/mol. The molecule has 134 valence electrons. The van der Waals surface area contributed by atoms with E-state index in [0.29, 0.717) is 47.7 Å². The van der Waals surface area contributed by atoms with E-state index in [-0.39, 0.29) is 11.7 Å². The summed E-state index contributed by atoms with van der Waals surface area (Å²) in [5.74, 6) is 1.01. The first-order valence-corrected chi connectivity index (χ1v) is 9.25. The Hall–Kier alpha value is -2.54. The number of nitrogens with zero attached hydrogens (tertiary/aromatic N) is 3. The minimum absolute atomic E-state index is 0.206. The highest BCUT2D eigenvalue weighted by atomic mass is 32.2. The summed E-state index contributed by atoms with van der Waals surface area (Å²) in [5.41, 5.74) is 0.623. The number of amidine groups is 1. The van der Waals surface area contributed by atoms with E-state index in [9.17, 15) is 9.18 Å². The highest BCUT2D eigenvalue weighted by Gasteiger charge is 2.29. The molecule has 0 N–H and O–H groups in total. The number of piperazine rings is 1. The summed E-state index contributed by atoms with van der Waals surface area (Å²) in [5, 5.41) is 0.706. The van der Waals surface area contributed by atoms with Gasteiger partial charge in [0, 0.05) is 32.3 Å². The normalized spacial score (nSPS) is 19.4. The van der Waals surface area contributed by atoms with Gasteiger partial charge in [-0.2, -0.15) is 4.99 Å². The van der Waals surface area contributed by atoms with Gasteiger partial charge < -0.3 is 14.2 Å². The predicted molar refractivity (Wildman–Crippen MR) is 102 cm³/mol. The molecule has 1 aromatic heterocycles. The van der Waals surface area contributed by atoms with E-state index in [4.69, 9.17) is 4.42 Å². The summed E-state index contributed by atoms with van der Waals surface area (Å²) < 4.78 is 19.4. The van der Waals surface area contributed by atoms with Crippen LogP contribution in [0.4, 0.5) is 10.1 Å². The van der Waals surface area contributed by atoms with Crippen molar-refractivity contribution in [2.75, 3.05) is 31.1 Å². The first-order chi connectivity index (χ1) is 12.6. The molecule has 2 aliphatic heterocycles. The maximum absolute atomic E-state index is 13.9. The zero-order valence-electron chi connectivity index (χ0n) is 14.3. The SMILES string of the molecule is Cc1ccc(C=C2SC(N3CCN(c4ccccc4F)CC3)=NC2=O)o1. The molecule has 3 heterocycles. The Labute approximate surface area is 155 Å². The standard InChI is InChI=1S/C19H18FN3O2S/c1-13-6-7-14(25-13)12-17-18(24)21-19(26-17)23-10-8-22(9-11-23)16-5-3-2-4-15(16)20/h2-7,12H,8-11H2,1H3. The number of amides is 1. The summed E-state index contributed by atoms with van der Waals surface area (Å²) in [6.45, 7) is 4.63. The van der Waals surface area contributed by atoms with E-state index in [1.54, 1.807) is 18.2 Å². The molecule has 7 heteroatoms. The van der Waals surface area contributed by atoms with Crippen LogP contribution >= 0.6 is 11.8 Å². The molecule has 1 amide bonds. The number of anilines is 1. The Bertz CT molecular complexity index is 898. The fourth-order valence-corrected chi connectivity index (χ4v) is 3.99. The summed E-state index contributed by atoms with van der Waals surface area (Å²) in [6, 6.07) is 10.5. The average Bonchev–Trinajstić information content (AvgIpc) is 3.22. The van der Waals surface area contributed by atoms with Crippen LogP contribution in [0.25, 0.3) is 6.08 Å². The maximum atomic E-state index is 13.9. The van der Waals surface area contributed by atoms with Crippen LogP contribution in [0.2, 0.25) is 0 Å². The number of rotatable bonds is 2. The smallest absolute Gasteiger partial charge is 0.286 e. The van der Waals surface area contributed by atoms with Gasteiger partial charge >= 0.3 is 0 Å². The van der Waals surface area contributed by atoms with E-state index < -0.39 is 0 Å². The van der Waals surface area contributed by atoms with E-state index >= 15 is 0 Å². The molecule has 0 spiro atoms. The lowest BCUT2D eigenvalue weighted by Crippen LogP contribution is -2.48. The third-order valence-electron chi connectivity index (χ3n) is 4.39. The summed E-state index contributed by atoms with van der Waals surface area (Å²) >= 11 is 1.36. The number of hydrogen-bond acceptors (Lipinski definition) is 5. The lowest BCUT2D eigenvalue weighted by Gasteiger charge is -2.36. The van der Waals surface area contributed by atoms with Gasteiger partial charge in [0.05, 0.1) is 10.6 Å². The third-order valence-corrected chi connectivity index (χ3v) is 5.43. The molecule has 0 aliphatic carbocycles. The van der Waals surface area contributed by atoms with E-state index in [0.717, 1.165) is 5.76 Å². The van der Waals surface area contributed by atoms with Crippen molar-refractivity contribution in [1.29, 1.82) is 0 Å². The van der Waals surface area contributed by atoms with Crippen LogP contribution in [0.5, 0.6) is 0 Å². The zero-order valence-corrected chi connectivity index (χ0v) is 15.1. The van der Waals surface area contributed by atoms with Crippen molar-refractivity contribution >= 4 is 34.6 Å². The van der Waals surface area contributed by atoms with Crippen molar-refractivity contribution in [3.63, 3.8) is 0 Å². The molecule has 5 nitrogen and oxygen atoms in total. The van der Waals surface area contributed by atoms with Crippen molar-refractivity contribution < 1.29 is 13.6 Å². The number of carbonyl (C=O) groups is 1. The number of thioether (sulfide) groups is 1. The topological polar surface area (TPSA) is 49.0 Å². The Morgan fingerprint density at radius 3 is 2.54 bits per heavy atom. The van der Waals surface area contributed by atoms with Gasteiger partial charge in [0.2, 0.25) is 0 Å². The second-order valence-corrected chi connectivity index (χ2v) is 7.19. The number of para-hydroxylation sites is 1. The molecular formula is C19H18FN3O2S. The molecule has 2 aromatic rings. The molecule has 0 unspecified atom stereocenters. The van der Waals surface area contributed by atoms with Crippen molar-refractivity contribution in [3.05, 3.63) is 58.6 Å². The maximum Gasteiger partial charge on any atom is 0.286 e. The van der Waals surface area contributed by atoms with Crippen LogP contribution in [0.15, 0.2) is 50.7 Å². The van der Waals surface area contributed by atoms with Crippen molar-refractivity contribution in [1.82, 2.24) is 4.90 Å². The van der Waals surface area contributed by atoms with E-state index in [2.05, 4.69) is 9.89 Å². The molecule has 0 atom stereocenters. The van der Waals surface area contributed by atoms with Crippen LogP contribution in [0.1, 0.15) is 11.5 Å². The van der Waals surface area contributed by atoms with Crippen molar-refractivity contribution in [2.24, 2.45) is 4.99 Å². The van der Waals surface area contributed by atoms with E-state index in [1.165, 1.54) is 17.8 Å². The fourth-order valence-electron chi connectivity index (χ4n) is 3.04. The fraction of sp³-hybridized carbons (Fsp3) is 0.263. The van der Waals surface area contributed by atoms with Crippen LogP contribution in [-0.4, -0.2) is 42.2 Å². The second-order valence-electron chi connectivity index (χ2n) is 6.18. The van der Waals surface area contributed by atoms with Gasteiger partial charge in [0.1, 0.15) is 17.3 Å². The predicted octanol–water partition coefficient (Wildman–Crippen LogP) is 3.52. The average molecular weight is 371 g/mol.